The van der Waals surface area contributed by atoms with E-state index in [1.54, 1.807) is 25.8 Å². The second-order valence-corrected chi connectivity index (χ2v) is 4.63. The molecule has 6 heteroatoms. The number of carboxylic acid groups (broad SMARTS) is 1. The van der Waals surface area contributed by atoms with Gasteiger partial charge in [-0.25, -0.2) is 4.79 Å². The monoisotopic (exact) mass is 253 g/mol. The number of aromatic nitrogens is 2. The quantitative estimate of drug-likeness (QED) is 0.871. The Morgan fingerprint density at radius 2 is 2.06 bits per heavy atom. The first kappa shape index (κ1) is 12.9. The molecule has 2 heterocycles. The number of aryl methyl sites for hydroxylation is 2. The largest absolute Gasteiger partial charge is 0.477 e. The van der Waals surface area contributed by atoms with Crippen LogP contribution in [0.1, 0.15) is 28.9 Å². The molecule has 1 saturated heterocycles. The lowest BCUT2D eigenvalue weighted by atomic mass is 10.1. The number of carboxylic acids is 1. The molecule has 100 valence electrons. The number of aromatic carboxylic acids is 1. The van der Waals surface area contributed by atoms with Crippen LogP contribution in [0.25, 0.3) is 0 Å². The van der Waals surface area contributed by atoms with Gasteiger partial charge >= 0.3 is 5.97 Å². The van der Waals surface area contributed by atoms with Crippen LogP contribution < -0.4 is 4.90 Å². The SMILES string of the molecule is COC1CCN(c2c(C(=O)O)c(C)nn2C)CC1. The molecule has 18 heavy (non-hydrogen) atoms. The molecule has 0 aromatic carbocycles. The molecule has 1 aliphatic rings. The number of methoxy groups -OCH3 is 1. The number of carbonyl (C=O) groups is 1. The zero-order chi connectivity index (χ0) is 13.3. The highest BCUT2D eigenvalue weighted by Gasteiger charge is 2.27. The molecule has 1 aliphatic heterocycles. The maximum absolute atomic E-state index is 11.3. The van der Waals surface area contributed by atoms with E-state index in [-0.39, 0.29) is 6.10 Å². The Bertz CT molecular complexity index is 448. The molecule has 6 nitrogen and oxygen atoms in total. The van der Waals surface area contributed by atoms with Crippen LogP contribution in [0.5, 0.6) is 0 Å². The molecule has 0 bridgehead atoms. The van der Waals surface area contributed by atoms with E-state index >= 15 is 0 Å². The summed E-state index contributed by atoms with van der Waals surface area (Å²) in [5.74, 6) is -0.209. The maximum atomic E-state index is 11.3. The van der Waals surface area contributed by atoms with Gasteiger partial charge in [0, 0.05) is 27.2 Å². The molecule has 0 amide bonds. The summed E-state index contributed by atoms with van der Waals surface area (Å²) in [7, 11) is 3.51. The van der Waals surface area contributed by atoms with Crippen molar-refractivity contribution in [3.05, 3.63) is 11.3 Å². The number of rotatable bonds is 3. The number of ether oxygens (including phenoxy) is 1. The van der Waals surface area contributed by atoms with Crippen molar-refractivity contribution in [2.24, 2.45) is 7.05 Å². The summed E-state index contributed by atoms with van der Waals surface area (Å²) >= 11 is 0. The molecule has 1 N–H and O–H groups in total. The van der Waals surface area contributed by atoms with Crippen LogP contribution in [0, 0.1) is 6.92 Å². The molecule has 0 unspecified atom stereocenters. The molecule has 1 fully saturated rings. The fraction of sp³-hybridized carbons (Fsp3) is 0.667. The third-order valence-electron chi connectivity index (χ3n) is 3.48. The molecular formula is C12H19N3O3. The summed E-state index contributed by atoms with van der Waals surface area (Å²) in [6.45, 7) is 3.34. The third-order valence-corrected chi connectivity index (χ3v) is 3.48. The van der Waals surface area contributed by atoms with Crippen molar-refractivity contribution in [2.45, 2.75) is 25.9 Å². The smallest absolute Gasteiger partial charge is 0.341 e. The number of piperidine rings is 1. The van der Waals surface area contributed by atoms with Crippen LogP contribution in [-0.2, 0) is 11.8 Å². The number of hydrogen-bond acceptors (Lipinski definition) is 4. The molecule has 0 radical (unpaired) electrons. The van der Waals surface area contributed by atoms with E-state index in [0.717, 1.165) is 25.9 Å². The molecule has 1 aromatic heterocycles. The second-order valence-electron chi connectivity index (χ2n) is 4.63. The summed E-state index contributed by atoms with van der Waals surface area (Å²) in [5, 5.41) is 13.5. The van der Waals surface area contributed by atoms with Crippen LogP contribution in [0.2, 0.25) is 0 Å². The van der Waals surface area contributed by atoms with Crippen molar-refractivity contribution in [2.75, 3.05) is 25.1 Å². The van der Waals surface area contributed by atoms with Gasteiger partial charge in [-0.2, -0.15) is 5.10 Å². The third kappa shape index (κ3) is 2.20. The van der Waals surface area contributed by atoms with Crippen molar-refractivity contribution >= 4 is 11.8 Å². The van der Waals surface area contributed by atoms with Crippen molar-refractivity contribution in [1.29, 1.82) is 0 Å². The maximum Gasteiger partial charge on any atom is 0.341 e. The Hall–Kier alpha value is -1.56. The lowest BCUT2D eigenvalue weighted by Crippen LogP contribution is -2.38. The first-order valence-corrected chi connectivity index (χ1v) is 6.09. The molecule has 0 spiro atoms. The van der Waals surface area contributed by atoms with Gasteiger partial charge in [0.1, 0.15) is 11.4 Å². The van der Waals surface area contributed by atoms with E-state index in [0.29, 0.717) is 17.1 Å². The first-order valence-electron chi connectivity index (χ1n) is 6.09. The van der Waals surface area contributed by atoms with Crippen LogP contribution in [0.15, 0.2) is 0 Å². The number of hydrogen-bond donors (Lipinski definition) is 1. The highest BCUT2D eigenvalue weighted by atomic mass is 16.5. The van der Waals surface area contributed by atoms with Crippen LogP contribution in [0.4, 0.5) is 5.82 Å². The minimum Gasteiger partial charge on any atom is -0.477 e. The summed E-state index contributed by atoms with van der Waals surface area (Å²) in [6.07, 6.45) is 2.11. The second kappa shape index (κ2) is 4.97. The van der Waals surface area contributed by atoms with Crippen LogP contribution in [0.3, 0.4) is 0 Å². The fourth-order valence-electron chi connectivity index (χ4n) is 2.56. The van der Waals surface area contributed by atoms with Gasteiger partial charge in [-0.1, -0.05) is 0 Å². The van der Waals surface area contributed by atoms with Crippen LogP contribution in [-0.4, -0.2) is 47.2 Å². The normalized spacial score (nSPS) is 17.2. The van der Waals surface area contributed by atoms with Gasteiger partial charge in [0.15, 0.2) is 0 Å². The van der Waals surface area contributed by atoms with Gasteiger partial charge in [-0.05, 0) is 19.8 Å². The predicted molar refractivity (Wildman–Crippen MR) is 67.1 cm³/mol. The van der Waals surface area contributed by atoms with Gasteiger partial charge in [-0.15, -0.1) is 0 Å². The number of nitrogens with zero attached hydrogens (tertiary/aromatic N) is 3. The van der Waals surface area contributed by atoms with Crippen molar-refractivity contribution in [3.8, 4) is 0 Å². The Morgan fingerprint density at radius 3 is 2.56 bits per heavy atom. The highest BCUT2D eigenvalue weighted by Crippen LogP contribution is 2.26. The van der Waals surface area contributed by atoms with E-state index in [9.17, 15) is 9.90 Å². The Labute approximate surface area is 106 Å². The van der Waals surface area contributed by atoms with Crippen molar-refractivity contribution in [1.82, 2.24) is 9.78 Å². The van der Waals surface area contributed by atoms with Gasteiger partial charge < -0.3 is 14.7 Å². The van der Waals surface area contributed by atoms with Crippen molar-refractivity contribution in [3.63, 3.8) is 0 Å². The average Bonchev–Trinajstić information content (AvgIpc) is 2.64. The fourth-order valence-corrected chi connectivity index (χ4v) is 2.56. The molecule has 0 atom stereocenters. The lowest BCUT2D eigenvalue weighted by molar-refractivity contribution is 0.0695. The van der Waals surface area contributed by atoms with E-state index in [4.69, 9.17) is 4.74 Å². The lowest BCUT2D eigenvalue weighted by Gasteiger charge is -2.32. The minimum atomic E-state index is -0.913. The zero-order valence-electron chi connectivity index (χ0n) is 11.0. The molecule has 2 rings (SSSR count). The molecule has 1 aromatic rings. The van der Waals surface area contributed by atoms with E-state index in [2.05, 4.69) is 10.00 Å². The highest BCUT2D eigenvalue weighted by molar-refractivity contribution is 5.94. The zero-order valence-corrected chi connectivity index (χ0v) is 11.0. The topological polar surface area (TPSA) is 67.6 Å². The minimum absolute atomic E-state index is 0.281. The molecular weight excluding hydrogens is 234 g/mol. The van der Waals surface area contributed by atoms with Gasteiger partial charge in [-0.3, -0.25) is 4.68 Å². The van der Waals surface area contributed by atoms with E-state index in [1.807, 2.05) is 0 Å². The summed E-state index contributed by atoms with van der Waals surface area (Å²) < 4.78 is 6.98. The predicted octanol–water partition coefficient (Wildman–Crippen LogP) is 1.04. The summed E-state index contributed by atoms with van der Waals surface area (Å²) in [6, 6.07) is 0. The van der Waals surface area contributed by atoms with Crippen molar-refractivity contribution < 1.29 is 14.6 Å². The van der Waals surface area contributed by atoms with Gasteiger partial charge in [0.2, 0.25) is 0 Å². The summed E-state index contributed by atoms with van der Waals surface area (Å²) in [4.78, 5) is 13.4. The van der Waals surface area contributed by atoms with E-state index in [1.165, 1.54) is 0 Å². The molecule has 0 aliphatic carbocycles. The number of anilines is 1. The Balaban J connectivity index is 2.26. The van der Waals surface area contributed by atoms with Gasteiger partial charge in [0.25, 0.3) is 0 Å². The molecule has 0 saturated carbocycles. The Kier molecular flexibility index (Phi) is 3.56. The first-order chi connectivity index (χ1) is 8.54. The van der Waals surface area contributed by atoms with E-state index < -0.39 is 5.97 Å². The standard InChI is InChI=1S/C12H19N3O3/c1-8-10(12(16)17)11(14(2)13-8)15-6-4-9(18-3)5-7-15/h9H,4-7H2,1-3H3,(H,16,17). The average molecular weight is 253 g/mol. The summed E-state index contributed by atoms with van der Waals surface area (Å²) in [5.41, 5.74) is 0.877. The van der Waals surface area contributed by atoms with Crippen LogP contribution >= 0.6 is 0 Å². The van der Waals surface area contributed by atoms with Gasteiger partial charge in [0.05, 0.1) is 11.8 Å². The Morgan fingerprint density at radius 1 is 1.44 bits per heavy atom.